The summed E-state index contributed by atoms with van der Waals surface area (Å²) in [4.78, 5) is 8.08. The maximum absolute atomic E-state index is 9.12. The van der Waals surface area contributed by atoms with Gasteiger partial charge in [0.25, 0.3) is 0 Å². The minimum absolute atomic E-state index is 0.0456. The van der Waals surface area contributed by atoms with Crippen LogP contribution < -0.4 is 5.32 Å². The summed E-state index contributed by atoms with van der Waals surface area (Å²) in [6, 6.07) is 1.91. The van der Waals surface area contributed by atoms with E-state index in [2.05, 4.69) is 29.1 Å². The van der Waals surface area contributed by atoms with Gasteiger partial charge in [0.2, 0.25) is 0 Å². The van der Waals surface area contributed by atoms with E-state index in [-0.39, 0.29) is 12.6 Å². The zero-order valence-electron chi connectivity index (χ0n) is 8.86. The van der Waals surface area contributed by atoms with Crippen LogP contribution >= 0.6 is 0 Å². The van der Waals surface area contributed by atoms with E-state index in [9.17, 15) is 0 Å². The van der Waals surface area contributed by atoms with Gasteiger partial charge in [-0.2, -0.15) is 0 Å². The largest absolute Gasteiger partial charge is 0.394 e. The van der Waals surface area contributed by atoms with Crippen LogP contribution in [0.3, 0.4) is 0 Å². The van der Waals surface area contributed by atoms with Crippen LogP contribution in [0, 0.1) is 12.8 Å². The third kappa shape index (κ3) is 2.96. The van der Waals surface area contributed by atoms with Gasteiger partial charge < -0.3 is 10.4 Å². The van der Waals surface area contributed by atoms with E-state index in [0.29, 0.717) is 5.92 Å². The van der Waals surface area contributed by atoms with Gasteiger partial charge in [0.1, 0.15) is 12.1 Å². The van der Waals surface area contributed by atoms with Gasteiger partial charge in [-0.25, -0.2) is 9.97 Å². The SMILES string of the molecule is Cc1cc(N[C@H](CO)C(C)C)ncn1. The van der Waals surface area contributed by atoms with Crippen LogP contribution in [-0.4, -0.2) is 27.7 Å². The van der Waals surface area contributed by atoms with E-state index in [1.54, 1.807) is 0 Å². The number of aromatic nitrogens is 2. The lowest BCUT2D eigenvalue weighted by atomic mass is 10.1. The first-order valence-electron chi connectivity index (χ1n) is 4.79. The number of hydrogen-bond donors (Lipinski definition) is 2. The third-order valence-electron chi connectivity index (χ3n) is 2.14. The molecule has 4 heteroatoms. The maximum Gasteiger partial charge on any atom is 0.129 e. The summed E-state index contributed by atoms with van der Waals surface area (Å²) in [6.07, 6.45) is 1.52. The highest BCUT2D eigenvalue weighted by Gasteiger charge is 2.11. The highest BCUT2D eigenvalue weighted by atomic mass is 16.3. The highest BCUT2D eigenvalue weighted by molar-refractivity contribution is 5.35. The lowest BCUT2D eigenvalue weighted by Crippen LogP contribution is -2.29. The molecule has 1 atom stereocenters. The molecule has 1 rings (SSSR count). The Balaban J connectivity index is 2.67. The lowest BCUT2D eigenvalue weighted by molar-refractivity contribution is 0.249. The molecule has 0 aliphatic rings. The fourth-order valence-electron chi connectivity index (χ4n) is 1.15. The van der Waals surface area contributed by atoms with Crippen LogP contribution in [0.25, 0.3) is 0 Å². The summed E-state index contributed by atoms with van der Waals surface area (Å²) in [6.45, 7) is 6.14. The molecule has 2 N–H and O–H groups in total. The summed E-state index contributed by atoms with van der Waals surface area (Å²) in [7, 11) is 0. The zero-order valence-corrected chi connectivity index (χ0v) is 8.86. The van der Waals surface area contributed by atoms with Gasteiger partial charge in [-0.15, -0.1) is 0 Å². The fraction of sp³-hybridized carbons (Fsp3) is 0.600. The van der Waals surface area contributed by atoms with Crippen molar-refractivity contribution in [2.75, 3.05) is 11.9 Å². The number of aliphatic hydroxyl groups excluding tert-OH is 1. The van der Waals surface area contributed by atoms with Crippen molar-refractivity contribution in [3.63, 3.8) is 0 Å². The summed E-state index contributed by atoms with van der Waals surface area (Å²) in [5, 5.41) is 12.3. The number of aliphatic hydroxyl groups is 1. The molecule has 0 amide bonds. The predicted molar refractivity (Wildman–Crippen MR) is 56.1 cm³/mol. The smallest absolute Gasteiger partial charge is 0.129 e. The number of nitrogens with zero attached hydrogens (tertiary/aromatic N) is 2. The number of anilines is 1. The summed E-state index contributed by atoms with van der Waals surface area (Å²) in [5.74, 6) is 1.14. The normalized spacial score (nSPS) is 12.9. The molecular weight excluding hydrogens is 178 g/mol. The fourth-order valence-corrected chi connectivity index (χ4v) is 1.15. The van der Waals surface area contributed by atoms with Crippen molar-refractivity contribution in [2.45, 2.75) is 26.8 Å². The molecule has 0 unspecified atom stereocenters. The monoisotopic (exact) mass is 195 g/mol. The molecule has 0 spiro atoms. The topological polar surface area (TPSA) is 58.0 Å². The number of rotatable bonds is 4. The van der Waals surface area contributed by atoms with Gasteiger partial charge in [0.15, 0.2) is 0 Å². The van der Waals surface area contributed by atoms with Crippen molar-refractivity contribution < 1.29 is 5.11 Å². The van der Waals surface area contributed by atoms with Gasteiger partial charge in [0, 0.05) is 11.8 Å². The first-order valence-corrected chi connectivity index (χ1v) is 4.79. The van der Waals surface area contributed by atoms with Crippen LogP contribution in [0.1, 0.15) is 19.5 Å². The molecule has 0 saturated heterocycles. The number of hydrogen-bond acceptors (Lipinski definition) is 4. The third-order valence-corrected chi connectivity index (χ3v) is 2.14. The zero-order chi connectivity index (χ0) is 10.6. The Morgan fingerprint density at radius 2 is 2.14 bits per heavy atom. The van der Waals surface area contributed by atoms with E-state index < -0.39 is 0 Å². The van der Waals surface area contributed by atoms with Crippen molar-refractivity contribution in [1.82, 2.24) is 9.97 Å². The van der Waals surface area contributed by atoms with Crippen molar-refractivity contribution >= 4 is 5.82 Å². The van der Waals surface area contributed by atoms with E-state index >= 15 is 0 Å². The molecule has 0 aliphatic carbocycles. The molecule has 0 aromatic carbocycles. The first kappa shape index (κ1) is 10.9. The van der Waals surface area contributed by atoms with Gasteiger partial charge in [-0.3, -0.25) is 0 Å². The molecule has 0 fully saturated rings. The number of nitrogens with one attached hydrogen (secondary N) is 1. The Hall–Kier alpha value is -1.16. The maximum atomic E-state index is 9.12. The van der Waals surface area contributed by atoms with Crippen molar-refractivity contribution in [3.8, 4) is 0 Å². The van der Waals surface area contributed by atoms with E-state index in [0.717, 1.165) is 11.5 Å². The van der Waals surface area contributed by atoms with E-state index in [1.165, 1.54) is 6.33 Å². The molecule has 0 radical (unpaired) electrons. The van der Waals surface area contributed by atoms with Crippen LogP contribution in [-0.2, 0) is 0 Å². The van der Waals surface area contributed by atoms with Gasteiger partial charge in [0.05, 0.1) is 12.6 Å². The lowest BCUT2D eigenvalue weighted by Gasteiger charge is -2.20. The quantitative estimate of drug-likeness (QED) is 0.758. The first-order chi connectivity index (χ1) is 6.63. The van der Waals surface area contributed by atoms with Crippen LogP contribution in [0.2, 0.25) is 0 Å². The molecule has 1 aromatic heterocycles. The Labute approximate surface area is 84.4 Å². The molecule has 78 valence electrons. The molecule has 1 heterocycles. The van der Waals surface area contributed by atoms with Crippen molar-refractivity contribution in [2.24, 2.45) is 5.92 Å². The molecule has 14 heavy (non-hydrogen) atoms. The second kappa shape index (κ2) is 4.91. The molecule has 0 aliphatic heterocycles. The molecule has 0 saturated carbocycles. The minimum Gasteiger partial charge on any atom is -0.394 e. The van der Waals surface area contributed by atoms with Crippen LogP contribution in [0.15, 0.2) is 12.4 Å². The van der Waals surface area contributed by atoms with Gasteiger partial charge >= 0.3 is 0 Å². The predicted octanol–water partition coefficient (Wildman–Crippen LogP) is 1.21. The molecular formula is C10H17N3O. The average Bonchev–Trinajstić information content (AvgIpc) is 2.14. The standard InChI is InChI=1S/C10H17N3O/c1-7(2)9(5-14)13-10-4-8(3)11-6-12-10/h4,6-7,9,14H,5H2,1-3H3,(H,11,12,13)/t9-/m1/s1. The Kier molecular flexibility index (Phi) is 3.83. The summed E-state index contributed by atoms with van der Waals surface area (Å²) in [5.41, 5.74) is 0.919. The van der Waals surface area contributed by atoms with E-state index in [1.807, 2.05) is 13.0 Å². The van der Waals surface area contributed by atoms with Gasteiger partial charge in [-0.1, -0.05) is 13.8 Å². The van der Waals surface area contributed by atoms with Crippen LogP contribution in [0.5, 0.6) is 0 Å². The second-order valence-electron chi connectivity index (χ2n) is 3.72. The van der Waals surface area contributed by atoms with Gasteiger partial charge in [-0.05, 0) is 12.8 Å². The summed E-state index contributed by atoms with van der Waals surface area (Å²) >= 11 is 0. The second-order valence-corrected chi connectivity index (χ2v) is 3.72. The average molecular weight is 195 g/mol. The van der Waals surface area contributed by atoms with Crippen molar-refractivity contribution in [3.05, 3.63) is 18.1 Å². The molecule has 0 bridgehead atoms. The molecule has 4 nitrogen and oxygen atoms in total. The highest BCUT2D eigenvalue weighted by Crippen LogP contribution is 2.09. The number of aryl methyl sites for hydroxylation is 1. The Morgan fingerprint density at radius 3 is 2.64 bits per heavy atom. The van der Waals surface area contributed by atoms with E-state index in [4.69, 9.17) is 5.11 Å². The summed E-state index contributed by atoms with van der Waals surface area (Å²) < 4.78 is 0. The Morgan fingerprint density at radius 1 is 1.43 bits per heavy atom. The Bertz CT molecular complexity index is 288. The van der Waals surface area contributed by atoms with Crippen molar-refractivity contribution in [1.29, 1.82) is 0 Å². The molecule has 1 aromatic rings. The minimum atomic E-state index is 0.0456. The van der Waals surface area contributed by atoms with Crippen LogP contribution in [0.4, 0.5) is 5.82 Å².